The number of ether oxygens (including phenoxy) is 2. The molecule has 0 spiro atoms. The molecule has 0 saturated carbocycles. The number of rotatable bonds is 8. The van der Waals surface area contributed by atoms with Gasteiger partial charge in [0.2, 0.25) is 0 Å². The normalized spacial score (nSPS) is 13.9. The van der Waals surface area contributed by atoms with E-state index >= 15 is 0 Å². The fourth-order valence-electron chi connectivity index (χ4n) is 2.68. The first-order valence-electron chi connectivity index (χ1n) is 8.96. The van der Waals surface area contributed by atoms with Gasteiger partial charge in [0.25, 0.3) is 0 Å². The van der Waals surface area contributed by atoms with Gasteiger partial charge in [0.1, 0.15) is 24.7 Å². The molecule has 160 valence electrons. The van der Waals surface area contributed by atoms with Crippen molar-refractivity contribution in [2.75, 3.05) is 13.2 Å². The molecular weight excluding hydrogens is 675 g/mol. The zero-order chi connectivity index (χ0) is 21.9. The van der Waals surface area contributed by atoms with E-state index in [4.69, 9.17) is 32.7 Å². The van der Waals surface area contributed by atoms with E-state index in [9.17, 15) is 0 Å². The highest BCUT2D eigenvalue weighted by Gasteiger charge is 2.27. The lowest BCUT2D eigenvalue weighted by atomic mass is 9.78. The van der Waals surface area contributed by atoms with Gasteiger partial charge in [-0.15, -0.1) is 23.2 Å². The fourth-order valence-corrected chi connectivity index (χ4v) is 5.64. The minimum absolute atomic E-state index is 0.0675. The fraction of sp³-hybridized carbons (Fsp3) is 0.429. The smallest absolute Gasteiger partial charge is 0.147 e. The summed E-state index contributed by atoms with van der Waals surface area (Å²) in [7, 11) is 0. The second-order valence-corrected chi connectivity index (χ2v) is 12.3. The van der Waals surface area contributed by atoms with Crippen LogP contribution >= 0.6 is 86.9 Å². The SMILES string of the molecule is CC(Cl)COc1c(Br)cc(C(C)(C)c2cc(Br)c(OCC(C)Cl)c(Br)c2)cc1Br. The number of halogens is 6. The molecule has 8 heteroatoms. The van der Waals surface area contributed by atoms with Crippen LogP contribution in [0.5, 0.6) is 11.5 Å². The van der Waals surface area contributed by atoms with Crippen LogP contribution in [-0.2, 0) is 5.41 Å². The van der Waals surface area contributed by atoms with Crippen LogP contribution in [-0.4, -0.2) is 24.0 Å². The number of benzene rings is 2. The Balaban J connectivity index is 2.39. The van der Waals surface area contributed by atoms with E-state index in [1.54, 1.807) is 0 Å². The van der Waals surface area contributed by atoms with Gasteiger partial charge in [-0.3, -0.25) is 0 Å². The lowest BCUT2D eigenvalue weighted by Crippen LogP contribution is -2.20. The summed E-state index contributed by atoms with van der Waals surface area (Å²) in [6.07, 6.45) is 0. The first-order chi connectivity index (χ1) is 13.4. The Morgan fingerprint density at radius 2 is 1.00 bits per heavy atom. The standard InChI is InChI=1S/C21H22Br4Cl2O2/c1-11(26)9-28-19-15(22)5-13(6-16(19)23)21(3,4)14-7-17(24)20(18(25)8-14)29-10-12(2)27/h5-8,11-12H,9-10H2,1-4H3. The number of hydrogen-bond donors (Lipinski definition) is 0. The van der Waals surface area contributed by atoms with Crippen LogP contribution in [0, 0.1) is 0 Å². The van der Waals surface area contributed by atoms with Crippen molar-refractivity contribution in [1.82, 2.24) is 0 Å². The molecule has 2 aromatic rings. The molecule has 0 bridgehead atoms. The summed E-state index contributed by atoms with van der Waals surface area (Å²) in [5.74, 6) is 1.50. The van der Waals surface area contributed by atoms with Crippen molar-refractivity contribution < 1.29 is 9.47 Å². The van der Waals surface area contributed by atoms with Crippen molar-refractivity contribution in [3.8, 4) is 11.5 Å². The third kappa shape index (κ3) is 6.76. The van der Waals surface area contributed by atoms with E-state index in [2.05, 4.69) is 102 Å². The van der Waals surface area contributed by atoms with Crippen molar-refractivity contribution >= 4 is 86.9 Å². The average molecular weight is 697 g/mol. The van der Waals surface area contributed by atoms with E-state index < -0.39 is 0 Å². The van der Waals surface area contributed by atoms with Crippen molar-refractivity contribution in [1.29, 1.82) is 0 Å². The van der Waals surface area contributed by atoms with E-state index in [0.29, 0.717) is 13.2 Å². The van der Waals surface area contributed by atoms with Crippen LogP contribution < -0.4 is 9.47 Å². The van der Waals surface area contributed by atoms with E-state index in [0.717, 1.165) is 40.5 Å². The summed E-state index contributed by atoms with van der Waals surface area (Å²) >= 11 is 26.6. The summed E-state index contributed by atoms with van der Waals surface area (Å²) < 4.78 is 15.2. The molecule has 0 fully saturated rings. The zero-order valence-corrected chi connectivity index (χ0v) is 24.3. The molecule has 0 amide bonds. The zero-order valence-electron chi connectivity index (χ0n) is 16.5. The van der Waals surface area contributed by atoms with Crippen LogP contribution in [0.2, 0.25) is 0 Å². The topological polar surface area (TPSA) is 18.5 Å². The van der Waals surface area contributed by atoms with Gasteiger partial charge in [-0.05, 0) is 113 Å². The summed E-state index contributed by atoms with van der Waals surface area (Å²) in [5, 5.41) is -0.135. The molecule has 0 aliphatic rings. The summed E-state index contributed by atoms with van der Waals surface area (Å²) in [5.41, 5.74) is 1.99. The lowest BCUT2D eigenvalue weighted by Gasteiger charge is -2.28. The maximum Gasteiger partial charge on any atom is 0.147 e. The second-order valence-electron chi connectivity index (χ2n) is 7.35. The van der Waals surface area contributed by atoms with Crippen LogP contribution in [0.4, 0.5) is 0 Å². The van der Waals surface area contributed by atoms with E-state index in [1.807, 2.05) is 13.8 Å². The minimum atomic E-state index is -0.271. The van der Waals surface area contributed by atoms with Crippen molar-refractivity contribution in [2.45, 2.75) is 43.9 Å². The molecule has 2 unspecified atom stereocenters. The predicted molar refractivity (Wildman–Crippen MR) is 137 cm³/mol. The highest BCUT2D eigenvalue weighted by atomic mass is 79.9. The summed E-state index contributed by atoms with van der Waals surface area (Å²) in [6, 6.07) is 8.33. The summed E-state index contributed by atoms with van der Waals surface area (Å²) in [6.45, 7) is 9.03. The van der Waals surface area contributed by atoms with Crippen molar-refractivity contribution in [2.24, 2.45) is 0 Å². The molecular formula is C21H22Br4Cl2O2. The Kier molecular flexibility index (Phi) is 9.71. The second kappa shape index (κ2) is 10.9. The van der Waals surface area contributed by atoms with Gasteiger partial charge in [0, 0.05) is 5.41 Å². The van der Waals surface area contributed by atoms with Gasteiger partial charge < -0.3 is 9.47 Å². The molecule has 0 radical (unpaired) electrons. The highest BCUT2D eigenvalue weighted by molar-refractivity contribution is 9.11. The van der Waals surface area contributed by atoms with Crippen LogP contribution in [0.25, 0.3) is 0 Å². The van der Waals surface area contributed by atoms with Crippen molar-refractivity contribution in [3.63, 3.8) is 0 Å². The van der Waals surface area contributed by atoms with Gasteiger partial charge in [-0.25, -0.2) is 0 Å². The van der Waals surface area contributed by atoms with Gasteiger partial charge in [-0.2, -0.15) is 0 Å². The first kappa shape index (κ1) is 25.8. The quantitative estimate of drug-likeness (QED) is 0.257. The maximum atomic E-state index is 6.02. The Labute approximate surface area is 216 Å². The van der Waals surface area contributed by atoms with E-state index in [1.165, 1.54) is 0 Å². The monoisotopic (exact) mass is 692 g/mol. The van der Waals surface area contributed by atoms with Crippen molar-refractivity contribution in [3.05, 3.63) is 53.3 Å². The molecule has 0 aromatic heterocycles. The van der Waals surface area contributed by atoms with Gasteiger partial charge in [0.05, 0.1) is 28.6 Å². The molecule has 2 rings (SSSR count). The van der Waals surface area contributed by atoms with Gasteiger partial charge in [0.15, 0.2) is 0 Å². The molecule has 0 heterocycles. The average Bonchev–Trinajstić information content (AvgIpc) is 2.59. The predicted octanol–water partition coefficient (Wildman–Crippen LogP) is 9.07. The minimum Gasteiger partial charge on any atom is -0.490 e. The first-order valence-corrected chi connectivity index (χ1v) is 13.0. The number of hydrogen-bond acceptors (Lipinski definition) is 2. The molecule has 0 saturated heterocycles. The molecule has 29 heavy (non-hydrogen) atoms. The van der Waals surface area contributed by atoms with Crippen LogP contribution in [0.15, 0.2) is 42.2 Å². The molecule has 0 aliphatic carbocycles. The Hall–Kier alpha value is 0.540. The molecule has 2 nitrogen and oxygen atoms in total. The third-order valence-corrected chi connectivity index (χ3v) is 6.96. The van der Waals surface area contributed by atoms with E-state index in [-0.39, 0.29) is 16.2 Å². The Morgan fingerprint density at radius 1 is 0.724 bits per heavy atom. The summed E-state index contributed by atoms with van der Waals surface area (Å²) in [4.78, 5) is 0. The Morgan fingerprint density at radius 3 is 1.24 bits per heavy atom. The molecule has 2 atom stereocenters. The largest absolute Gasteiger partial charge is 0.490 e. The highest BCUT2D eigenvalue weighted by Crippen LogP contribution is 2.44. The number of alkyl halides is 2. The van der Waals surface area contributed by atoms with Crippen LogP contribution in [0.3, 0.4) is 0 Å². The Bertz CT molecular complexity index is 754. The van der Waals surface area contributed by atoms with Crippen LogP contribution in [0.1, 0.15) is 38.8 Å². The maximum absolute atomic E-state index is 6.02. The molecule has 0 aliphatic heterocycles. The van der Waals surface area contributed by atoms with Gasteiger partial charge in [-0.1, -0.05) is 13.8 Å². The molecule has 0 N–H and O–H groups in total. The lowest BCUT2D eigenvalue weighted by molar-refractivity contribution is 0.316. The van der Waals surface area contributed by atoms with Gasteiger partial charge >= 0.3 is 0 Å². The third-order valence-electron chi connectivity index (χ3n) is 4.35. The molecule has 2 aromatic carbocycles.